The summed E-state index contributed by atoms with van der Waals surface area (Å²) in [5, 5.41) is 3.37. The number of hydrogen-bond donors (Lipinski definition) is 1. The molecule has 0 aliphatic carbocycles. The number of aliphatic imine (C=N–C) groups is 1. The maximum Gasteiger partial charge on any atom is 0.289 e. The Hall–Kier alpha value is -2.06. The van der Waals surface area contributed by atoms with Crippen LogP contribution in [0.3, 0.4) is 0 Å². The smallest absolute Gasteiger partial charge is 0.289 e. The van der Waals surface area contributed by atoms with Crippen LogP contribution in [0.5, 0.6) is 0 Å². The van der Waals surface area contributed by atoms with Crippen LogP contribution in [0.1, 0.15) is 17.5 Å². The normalized spacial score (nSPS) is 19.7. The van der Waals surface area contributed by atoms with Crippen LogP contribution in [0, 0.1) is 0 Å². The SMILES string of the molecule is CCNC(=NCCN1CCOCC1)N1CCN(C(=O)c2ccco2)CC1. The highest BCUT2D eigenvalue weighted by atomic mass is 16.5. The topological polar surface area (TPSA) is 73.6 Å². The molecule has 2 saturated heterocycles. The third-order valence-electron chi connectivity index (χ3n) is 4.71. The van der Waals surface area contributed by atoms with Crippen molar-refractivity contribution in [1.29, 1.82) is 0 Å². The zero-order chi connectivity index (χ0) is 18.2. The van der Waals surface area contributed by atoms with Crippen molar-refractivity contribution in [3.05, 3.63) is 24.2 Å². The number of hydrogen-bond acceptors (Lipinski definition) is 5. The van der Waals surface area contributed by atoms with Crippen molar-refractivity contribution in [2.75, 3.05) is 72.1 Å². The minimum atomic E-state index is -0.0380. The van der Waals surface area contributed by atoms with Crippen LogP contribution >= 0.6 is 0 Å². The van der Waals surface area contributed by atoms with Crippen LogP contribution in [0.15, 0.2) is 27.8 Å². The monoisotopic (exact) mass is 363 g/mol. The maximum absolute atomic E-state index is 12.4. The first-order valence-electron chi connectivity index (χ1n) is 9.44. The average Bonchev–Trinajstić information content (AvgIpc) is 3.23. The van der Waals surface area contributed by atoms with E-state index in [1.807, 2.05) is 4.90 Å². The second-order valence-corrected chi connectivity index (χ2v) is 6.45. The van der Waals surface area contributed by atoms with Gasteiger partial charge < -0.3 is 24.3 Å². The number of ether oxygens (including phenoxy) is 1. The molecule has 1 aromatic rings. The zero-order valence-corrected chi connectivity index (χ0v) is 15.5. The molecule has 8 nitrogen and oxygen atoms in total. The first-order valence-corrected chi connectivity index (χ1v) is 9.44. The molecule has 2 aliphatic heterocycles. The lowest BCUT2D eigenvalue weighted by atomic mass is 10.3. The molecule has 144 valence electrons. The summed E-state index contributed by atoms with van der Waals surface area (Å²) in [6.45, 7) is 11.1. The summed E-state index contributed by atoms with van der Waals surface area (Å²) in [5.41, 5.74) is 0. The van der Waals surface area contributed by atoms with E-state index in [9.17, 15) is 4.79 Å². The largest absolute Gasteiger partial charge is 0.459 e. The Morgan fingerprint density at radius 3 is 2.54 bits per heavy atom. The van der Waals surface area contributed by atoms with Gasteiger partial charge in [0.05, 0.1) is 26.0 Å². The van der Waals surface area contributed by atoms with E-state index in [2.05, 4.69) is 22.0 Å². The molecule has 26 heavy (non-hydrogen) atoms. The van der Waals surface area contributed by atoms with Gasteiger partial charge in [-0.25, -0.2) is 0 Å². The Morgan fingerprint density at radius 1 is 1.15 bits per heavy atom. The van der Waals surface area contributed by atoms with Crippen LogP contribution < -0.4 is 5.32 Å². The number of guanidine groups is 1. The van der Waals surface area contributed by atoms with Gasteiger partial charge in [-0.2, -0.15) is 0 Å². The summed E-state index contributed by atoms with van der Waals surface area (Å²) in [5.74, 6) is 1.30. The van der Waals surface area contributed by atoms with E-state index in [4.69, 9.17) is 14.1 Å². The number of amides is 1. The second kappa shape index (κ2) is 9.59. The molecule has 0 bridgehead atoms. The van der Waals surface area contributed by atoms with Crippen LogP contribution in [0.2, 0.25) is 0 Å². The van der Waals surface area contributed by atoms with Gasteiger partial charge >= 0.3 is 0 Å². The number of carbonyl (C=O) groups excluding carboxylic acids is 1. The van der Waals surface area contributed by atoms with Crippen molar-refractivity contribution in [2.45, 2.75) is 6.92 Å². The molecule has 1 N–H and O–H groups in total. The first-order chi connectivity index (χ1) is 12.8. The van der Waals surface area contributed by atoms with Gasteiger partial charge in [0.15, 0.2) is 11.7 Å². The molecule has 0 saturated carbocycles. The standard InChI is InChI=1S/C18H29N5O3/c1-2-19-18(20-5-6-21-11-14-25-15-12-21)23-9-7-22(8-10-23)17(24)16-4-3-13-26-16/h3-4,13H,2,5-12,14-15H2,1H3,(H,19,20). The molecular formula is C18H29N5O3. The van der Waals surface area contributed by atoms with Crippen molar-refractivity contribution < 1.29 is 13.9 Å². The van der Waals surface area contributed by atoms with E-state index in [0.717, 1.165) is 65.0 Å². The Morgan fingerprint density at radius 2 is 1.88 bits per heavy atom. The van der Waals surface area contributed by atoms with Gasteiger partial charge in [-0.05, 0) is 19.1 Å². The fourth-order valence-corrected chi connectivity index (χ4v) is 3.23. The highest BCUT2D eigenvalue weighted by Crippen LogP contribution is 2.09. The van der Waals surface area contributed by atoms with E-state index in [1.54, 1.807) is 12.1 Å². The second-order valence-electron chi connectivity index (χ2n) is 6.45. The van der Waals surface area contributed by atoms with Gasteiger partial charge in [0.25, 0.3) is 5.91 Å². The Kier molecular flexibility index (Phi) is 6.90. The minimum absolute atomic E-state index is 0.0380. The molecule has 1 aromatic heterocycles. The molecule has 3 heterocycles. The van der Waals surface area contributed by atoms with Crippen molar-refractivity contribution in [3.8, 4) is 0 Å². The summed E-state index contributed by atoms with van der Waals surface area (Å²) >= 11 is 0. The van der Waals surface area contributed by atoms with Crippen LogP contribution in [0.25, 0.3) is 0 Å². The zero-order valence-electron chi connectivity index (χ0n) is 15.5. The number of furan rings is 1. The Balaban J connectivity index is 1.49. The van der Waals surface area contributed by atoms with Gasteiger partial charge in [-0.1, -0.05) is 0 Å². The lowest BCUT2D eigenvalue weighted by Gasteiger charge is -2.36. The highest BCUT2D eigenvalue weighted by molar-refractivity contribution is 5.91. The molecule has 0 atom stereocenters. The van der Waals surface area contributed by atoms with Crippen molar-refractivity contribution in [3.63, 3.8) is 0 Å². The minimum Gasteiger partial charge on any atom is -0.459 e. The predicted molar refractivity (Wildman–Crippen MR) is 99.4 cm³/mol. The summed E-state index contributed by atoms with van der Waals surface area (Å²) in [7, 11) is 0. The fraction of sp³-hybridized carbons (Fsp3) is 0.667. The van der Waals surface area contributed by atoms with Crippen LogP contribution in [0.4, 0.5) is 0 Å². The van der Waals surface area contributed by atoms with E-state index in [-0.39, 0.29) is 5.91 Å². The lowest BCUT2D eigenvalue weighted by Crippen LogP contribution is -2.54. The van der Waals surface area contributed by atoms with Gasteiger partial charge in [-0.15, -0.1) is 0 Å². The summed E-state index contributed by atoms with van der Waals surface area (Å²) in [6.07, 6.45) is 1.54. The van der Waals surface area contributed by atoms with Crippen LogP contribution in [-0.2, 0) is 4.74 Å². The molecule has 8 heteroatoms. The van der Waals surface area contributed by atoms with Gasteiger partial charge in [0, 0.05) is 52.4 Å². The third kappa shape index (κ3) is 4.98. The molecule has 2 fully saturated rings. The first kappa shape index (κ1) is 18.7. The number of morpholine rings is 1. The molecule has 0 unspecified atom stereocenters. The summed E-state index contributed by atoms with van der Waals surface area (Å²) < 4.78 is 10.6. The Labute approximate surface area is 154 Å². The predicted octanol–water partition coefficient (Wildman–Crippen LogP) is 0.335. The van der Waals surface area contributed by atoms with Gasteiger partial charge in [-0.3, -0.25) is 14.7 Å². The van der Waals surface area contributed by atoms with Gasteiger partial charge in [0.2, 0.25) is 0 Å². The van der Waals surface area contributed by atoms with Crippen LogP contribution in [-0.4, -0.2) is 98.7 Å². The third-order valence-corrected chi connectivity index (χ3v) is 4.71. The molecule has 1 amide bonds. The van der Waals surface area contributed by atoms with E-state index >= 15 is 0 Å². The number of carbonyl (C=O) groups is 1. The molecule has 0 spiro atoms. The number of rotatable bonds is 5. The molecule has 0 aromatic carbocycles. The average molecular weight is 363 g/mol. The highest BCUT2D eigenvalue weighted by Gasteiger charge is 2.25. The lowest BCUT2D eigenvalue weighted by molar-refractivity contribution is 0.0394. The number of nitrogens with zero attached hydrogens (tertiary/aromatic N) is 4. The quantitative estimate of drug-likeness (QED) is 0.601. The summed E-state index contributed by atoms with van der Waals surface area (Å²) in [6, 6.07) is 3.46. The maximum atomic E-state index is 12.4. The van der Waals surface area contributed by atoms with Crippen molar-refractivity contribution >= 4 is 11.9 Å². The number of nitrogens with one attached hydrogen (secondary N) is 1. The fourth-order valence-electron chi connectivity index (χ4n) is 3.23. The molecular weight excluding hydrogens is 334 g/mol. The van der Waals surface area contributed by atoms with E-state index < -0.39 is 0 Å². The van der Waals surface area contributed by atoms with Crippen molar-refractivity contribution in [2.24, 2.45) is 4.99 Å². The van der Waals surface area contributed by atoms with Crippen molar-refractivity contribution in [1.82, 2.24) is 20.0 Å². The molecule has 3 rings (SSSR count). The molecule has 0 radical (unpaired) electrons. The summed E-state index contributed by atoms with van der Waals surface area (Å²) in [4.78, 5) is 23.6. The Bertz CT molecular complexity index is 576. The van der Waals surface area contributed by atoms with Gasteiger partial charge in [0.1, 0.15) is 0 Å². The molecule has 2 aliphatic rings. The number of piperazine rings is 1. The van der Waals surface area contributed by atoms with E-state index in [1.165, 1.54) is 6.26 Å². The van der Waals surface area contributed by atoms with E-state index in [0.29, 0.717) is 18.8 Å².